The first-order chi connectivity index (χ1) is 13.5. The highest BCUT2D eigenvalue weighted by Crippen LogP contribution is 2.29. The summed E-state index contributed by atoms with van der Waals surface area (Å²) in [6, 6.07) is 4.16. The largest absolute Gasteiger partial charge is 0.337 e. The van der Waals surface area contributed by atoms with Gasteiger partial charge in [-0.2, -0.15) is 4.98 Å². The third kappa shape index (κ3) is 3.07. The summed E-state index contributed by atoms with van der Waals surface area (Å²) in [6.07, 6.45) is 1.61. The van der Waals surface area contributed by atoms with Crippen LogP contribution in [0.3, 0.4) is 0 Å². The fourth-order valence-corrected chi connectivity index (χ4v) is 3.36. The van der Waals surface area contributed by atoms with Crippen molar-refractivity contribution in [3.8, 4) is 17.2 Å². The molecule has 4 rings (SSSR count). The van der Waals surface area contributed by atoms with Gasteiger partial charge in [0.2, 0.25) is 11.7 Å². The van der Waals surface area contributed by atoms with Crippen molar-refractivity contribution >= 4 is 5.91 Å². The summed E-state index contributed by atoms with van der Waals surface area (Å²) in [5.74, 6) is 0.186. The standard InChI is InChI=1S/C19H21FN6O2/c1-4-25(5-2)10-16-22-18(23-28-16)17-15-9-24(3)19(27)13-8-12(20)6-7-14(13)26(15)11-21-17/h6-8,11H,4-5,9-10H2,1-3H3. The van der Waals surface area contributed by atoms with E-state index < -0.39 is 5.82 Å². The second kappa shape index (κ2) is 7.16. The minimum atomic E-state index is -0.455. The Bertz CT molecular complexity index is 1020. The van der Waals surface area contributed by atoms with Crippen molar-refractivity contribution in [2.75, 3.05) is 20.1 Å². The monoisotopic (exact) mass is 384 g/mol. The molecule has 0 unspecified atom stereocenters. The van der Waals surface area contributed by atoms with Crippen LogP contribution in [0, 0.1) is 5.82 Å². The van der Waals surface area contributed by atoms with E-state index >= 15 is 0 Å². The lowest BCUT2D eigenvalue weighted by molar-refractivity contribution is 0.0787. The van der Waals surface area contributed by atoms with Gasteiger partial charge >= 0.3 is 0 Å². The average molecular weight is 384 g/mol. The smallest absolute Gasteiger partial charge is 0.256 e. The van der Waals surface area contributed by atoms with E-state index in [4.69, 9.17) is 4.52 Å². The number of benzene rings is 1. The summed E-state index contributed by atoms with van der Waals surface area (Å²) in [5, 5.41) is 4.08. The Morgan fingerprint density at radius 2 is 2.07 bits per heavy atom. The molecule has 2 aromatic heterocycles. The van der Waals surface area contributed by atoms with Crippen molar-refractivity contribution in [2.45, 2.75) is 26.9 Å². The molecule has 8 nitrogen and oxygen atoms in total. The Balaban J connectivity index is 1.75. The van der Waals surface area contributed by atoms with Crippen LogP contribution in [0.5, 0.6) is 0 Å². The molecule has 28 heavy (non-hydrogen) atoms. The number of hydrogen-bond acceptors (Lipinski definition) is 6. The molecule has 146 valence electrons. The highest BCUT2D eigenvalue weighted by Gasteiger charge is 2.28. The quantitative estimate of drug-likeness (QED) is 0.672. The van der Waals surface area contributed by atoms with Gasteiger partial charge in [0.15, 0.2) is 0 Å². The molecule has 0 saturated carbocycles. The van der Waals surface area contributed by atoms with Gasteiger partial charge in [-0.25, -0.2) is 9.37 Å². The van der Waals surface area contributed by atoms with Crippen molar-refractivity contribution in [1.29, 1.82) is 0 Å². The Morgan fingerprint density at radius 3 is 2.82 bits per heavy atom. The van der Waals surface area contributed by atoms with Gasteiger partial charge in [-0.05, 0) is 31.3 Å². The average Bonchev–Trinajstić information content (AvgIpc) is 3.30. The predicted molar refractivity (Wildman–Crippen MR) is 99.2 cm³/mol. The number of rotatable bonds is 5. The number of aromatic nitrogens is 4. The molecule has 0 atom stereocenters. The van der Waals surface area contributed by atoms with Crippen LogP contribution < -0.4 is 0 Å². The topological polar surface area (TPSA) is 80.3 Å². The second-order valence-electron chi connectivity index (χ2n) is 6.71. The maximum Gasteiger partial charge on any atom is 0.256 e. The molecule has 0 bridgehead atoms. The Hall–Kier alpha value is -3.07. The highest BCUT2D eigenvalue weighted by atomic mass is 19.1. The summed E-state index contributed by atoms with van der Waals surface area (Å²) >= 11 is 0. The fourth-order valence-electron chi connectivity index (χ4n) is 3.36. The molecule has 0 aliphatic carbocycles. The van der Waals surface area contributed by atoms with Crippen LogP contribution in [-0.4, -0.2) is 55.5 Å². The summed E-state index contributed by atoms with van der Waals surface area (Å²) in [5.41, 5.74) is 2.17. The van der Waals surface area contributed by atoms with Crippen LogP contribution in [0.1, 0.15) is 35.8 Å². The molecule has 0 spiro atoms. The van der Waals surface area contributed by atoms with E-state index in [1.54, 1.807) is 24.0 Å². The molecule has 9 heteroatoms. The Kier molecular flexibility index (Phi) is 4.68. The van der Waals surface area contributed by atoms with Crippen LogP contribution in [0.2, 0.25) is 0 Å². The number of halogens is 1. The van der Waals surface area contributed by atoms with Crippen molar-refractivity contribution in [3.05, 3.63) is 47.5 Å². The van der Waals surface area contributed by atoms with Crippen molar-refractivity contribution < 1.29 is 13.7 Å². The van der Waals surface area contributed by atoms with E-state index in [1.807, 2.05) is 0 Å². The van der Waals surface area contributed by atoms with Crippen LogP contribution in [-0.2, 0) is 13.1 Å². The first-order valence-electron chi connectivity index (χ1n) is 9.18. The zero-order valence-corrected chi connectivity index (χ0v) is 16.0. The lowest BCUT2D eigenvalue weighted by atomic mass is 10.1. The summed E-state index contributed by atoms with van der Waals surface area (Å²) in [4.78, 5) is 25.3. The third-order valence-electron chi connectivity index (χ3n) is 4.98. The number of imidazole rings is 1. The van der Waals surface area contributed by atoms with Gasteiger partial charge in [0.1, 0.15) is 17.8 Å². The molecule has 0 fully saturated rings. The molecule has 0 N–H and O–H groups in total. The van der Waals surface area contributed by atoms with Gasteiger partial charge in [-0.3, -0.25) is 14.3 Å². The second-order valence-corrected chi connectivity index (χ2v) is 6.71. The van der Waals surface area contributed by atoms with E-state index in [-0.39, 0.29) is 5.91 Å². The number of amides is 1. The van der Waals surface area contributed by atoms with Crippen molar-refractivity contribution in [2.24, 2.45) is 0 Å². The van der Waals surface area contributed by atoms with Gasteiger partial charge in [-0.15, -0.1) is 0 Å². The van der Waals surface area contributed by atoms with Crippen LogP contribution in [0.15, 0.2) is 29.0 Å². The number of carbonyl (C=O) groups excluding carboxylic acids is 1. The lowest BCUT2D eigenvalue weighted by Gasteiger charge is -2.14. The molecule has 1 aromatic carbocycles. The zero-order chi connectivity index (χ0) is 19.8. The SMILES string of the molecule is CCN(CC)Cc1nc(-c2ncn3c2CN(C)C(=O)c2cc(F)ccc2-3)no1. The molecular weight excluding hydrogens is 363 g/mol. The fraction of sp³-hybridized carbons (Fsp3) is 0.368. The van der Waals surface area contributed by atoms with E-state index in [9.17, 15) is 9.18 Å². The number of hydrogen-bond donors (Lipinski definition) is 0. The molecule has 3 aromatic rings. The molecule has 1 aliphatic heterocycles. The maximum atomic E-state index is 13.7. The zero-order valence-electron chi connectivity index (χ0n) is 16.0. The van der Waals surface area contributed by atoms with Crippen LogP contribution in [0.25, 0.3) is 17.2 Å². The van der Waals surface area contributed by atoms with Gasteiger partial charge in [0, 0.05) is 7.05 Å². The first-order valence-corrected chi connectivity index (χ1v) is 9.18. The molecule has 0 saturated heterocycles. The van der Waals surface area contributed by atoms with Crippen LogP contribution in [0.4, 0.5) is 4.39 Å². The van der Waals surface area contributed by atoms with Crippen molar-refractivity contribution in [1.82, 2.24) is 29.5 Å². The number of fused-ring (bicyclic) bond motifs is 3. The molecule has 1 amide bonds. The minimum absolute atomic E-state index is 0.250. The van der Waals surface area contributed by atoms with Crippen molar-refractivity contribution in [3.63, 3.8) is 0 Å². The third-order valence-corrected chi connectivity index (χ3v) is 4.98. The molecular formula is C19H21FN6O2. The minimum Gasteiger partial charge on any atom is -0.337 e. The summed E-state index contributed by atoms with van der Waals surface area (Å²) in [6.45, 7) is 6.77. The van der Waals surface area contributed by atoms with Gasteiger partial charge < -0.3 is 9.42 Å². The number of nitrogens with zero attached hydrogens (tertiary/aromatic N) is 6. The maximum absolute atomic E-state index is 13.7. The van der Waals surface area contributed by atoms with E-state index in [0.29, 0.717) is 41.7 Å². The predicted octanol–water partition coefficient (Wildman–Crippen LogP) is 2.49. The van der Waals surface area contributed by atoms with E-state index in [0.717, 1.165) is 18.8 Å². The van der Waals surface area contributed by atoms with Gasteiger partial charge in [0.05, 0.1) is 30.0 Å². The Labute approximate surface area is 161 Å². The molecule has 0 radical (unpaired) electrons. The lowest BCUT2D eigenvalue weighted by Crippen LogP contribution is -2.25. The summed E-state index contributed by atoms with van der Waals surface area (Å²) < 4.78 is 20.9. The molecule has 1 aliphatic rings. The van der Waals surface area contributed by atoms with E-state index in [2.05, 4.69) is 33.9 Å². The highest BCUT2D eigenvalue weighted by molar-refractivity contribution is 5.98. The Morgan fingerprint density at radius 1 is 1.29 bits per heavy atom. The normalized spacial score (nSPS) is 13.6. The van der Waals surface area contributed by atoms with Gasteiger partial charge in [0.25, 0.3) is 5.91 Å². The molecule has 3 heterocycles. The van der Waals surface area contributed by atoms with Gasteiger partial charge in [-0.1, -0.05) is 19.0 Å². The van der Waals surface area contributed by atoms with Crippen LogP contribution >= 0.6 is 0 Å². The first kappa shape index (κ1) is 18.3. The number of carbonyl (C=O) groups is 1. The van der Waals surface area contributed by atoms with E-state index in [1.165, 1.54) is 17.0 Å². The summed E-state index contributed by atoms with van der Waals surface area (Å²) in [7, 11) is 1.67.